The highest BCUT2D eigenvalue weighted by molar-refractivity contribution is 5.99. The molecule has 0 radical (unpaired) electrons. The molecule has 2 fully saturated rings. The molecule has 2 aliphatic rings. The van der Waals surface area contributed by atoms with Gasteiger partial charge in [0, 0.05) is 17.6 Å². The average molecular weight is 226 g/mol. The topological polar surface area (TPSA) is 44.1 Å². The summed E-state index contributed by atoms with van der Waals surface area (Å²) in [5, 5.41) is 8.90. The summed E-state index contributed by atoms with van der Waals surface area (Å²) >= 11 is 0. The van der Waals surface area contributed by atoms with Gasteiger partial charge >= 0.3 is 0 Å². The second-order valence-corrected chi connectivity index (χ2v) is 4.98. The lowest BCUT2D eigenvalue weighted by atomic mass is 10.1. The fraction of sp³-hybridized carbons (Fsp3) is 0.429. The van der Waals surface area contributed by atoms with E-state index in [4.69, 9.17) is 5.26 Å². The molecule has 3 rings (SSSR count). The van der Waals surface area contributed by atoms with Crippen molar-refractivity contribution in [3.05, 3.63) is 29.3 Å². The molecule has 0 N–H and O–H groups in total. The van der Waals surface area contributed by atoms with Crippen LogP contribution in [0.25, 0.3) is 0 Å². The van der Waals surface area contributed by atoms with Gasteiger partial charge in [0.2, 0.25) is 5.91 Å². The highest BCUT2D eigenvalue weighted by Crippen LogP contribution is 2.41. The molecule has 1 saturated carbocycles. The maximum atomic E-state index is 12.1. The number of hydrogen-bond acceptors (Lipinski definition) is 2. The van der Waals surface area contributed by atoms with Gasteiger partial charge in [0.1, 0.15) is 0 Å². The molecule has 1 aliphatic heterocycles. The van der Waals surface area contributed by atoms with E-state index in [0.717, 1.165) is 30.5 Å². The van der Waals surface area contributed by atoms with E-state index in [1.165, 1.54) is 0 Å². The molecule has 1 heterocycles. The molecule has 2 bridgehead atoms. The van der Waals surface area contributed by atoms with Crippen LogP contribution in [0.3, 0.4) is 0 Å². The van der Waals surface area contributed by atoms with Gasteiger partial charge in [-0.25, -0.2) is 0 Å². The Labute approximate surface area is 101 Å². The Kier molecular flexibility index (Phi) is 2.19. The summed E-state index contributed by atoms with van der Waals surface area (Å²) in [5.74, 6) is 0.515. The van der Waals surface area contributed by atoms with Crippen molar-refractivity contribution in [1.29, 1.82) is 5.26 Å². The molecule has 86 valence electrons. The number of nitrogens with zero attached hydrogens (tertiary/aromatic N) is 2. The smallest absolute Gasteiger partial charge is 0.230 e. The van der Waals surface area contributed by atoms with Gasteiger partial charge in [0.05, 0.1) is 11.6 Å². The van der Waals surface area contributed by atoms with Crippen LogP contribution >= 0.6 is 0 Å². The number of rotatable bonds is 1. The van der Waals surface area contributed by atoms with Crippen LogP contribution in [0.4, 0.5) is 5.69 Å². The molecule has 0 aromatic heterocycles. The van der Waals surface area contributed by atoms with E-state index >= 15 is 0 Å². The van der Waals surface area contributed by atoms with Gasteiger partial charge in [0.15, 0.2) is 0 Å². The van der Waals surface area contributed by atoms with Crippen molar-refractivity contribution in [2.75, 3.05) is 4.90 Å². The van der Waals surface area contributed by atoms with E-state index in [-0.39, 0.29) is 11.8 Å². The fourth-order valence-corrected chi connectivity index (χ4v) is 3.05. The van der Waals surface area contributed by atoms with Crippen LogP contribution in [0.5, 0.6) is 0 Å². The first kappa shape index (κ1) is 10.3. The van der Waals surface area contributed by atoms with Gasteiger partial charge in [-0.05, 0) is 49.9 Å². The molecule has 1 aromatic carbocycles. The number of anilines is 1. The van der Waals surface area contributed by atoms with Crippen molar-refractivity contribution in [3.8, 4) is 6.07 Å². The van der Waals surface area contributed by atoms with E-state index in [2.05, 4.69) is 6.07 Å². The third kappa shape index (κ3) is 1.44. The first-order chi connectivity index (χ1) is 8.20. The second kappa shape index (κ2) is 3.59. The SMILES string of the molecule is Cc1cc(N2C(=O)C3CCC2C3)ccc1C#N. The molecular formula is C14H14N2O. The molecule has 1 saturated heterocycles. The van der Waals surface area contributed by atoms with Crippen LogP contribution in [0.15, 0.2) is 18.2 Å². The Morgan fingerprint density at radius 2 is 2.24 bits per heavy atom. The Morgan fingerprint density at radius 1 is 1.41 bits per heavy atom. The van der Waals surface area contributed by atoms with E-state index in [1.807, 2.05) is 30.0 Å². The predicted octanol–water partition coefficient (Wildman–Crippen LogP) is 2.38. The highest BCUT2D eigenvalue weighted by atomic mass is 16.2. The quantitative estimate of drug-likeness (QED) is 0.738. The minimum atomic E-state index is 0.246. The number of aryl methyl sites for hydroxylation is 1. The van der Waals surface area contributed by atoms with Crippen LogP contribution in [0, 0.1) is 24.2 Å². The molecular weight excluding hydrogens is 212 g/mol. The number of benzene rings is 1. The zero-order valence-electron chi connectivity index (χ0n) is 9.81. The number of nitriles is 1. The maximum absolute atomic E-state index is 12.1. The average Bonchev–Trinajstić information content (AvgIpc) is 2.89. The lowest BCUT2D eigenvalue weighted by Crippen LogP contribution is -2.36. The minimum Gasteiger partial charge on any atom is -0.309 e. The minimum absolute atomic E-state index is 0.246. The summed E-state index contributed by atoms with van der Waals surface area (Å²) in [4.78, 5) is 14.0. The molecule has 1 aromatic rings. The first-order valence-electron chi connectivity index (χ1n) is 6.04. The van der Waals surface area contributed by atoms with Crippen molar-refractivity contribution < 1.29 is 4.79 Å². The molecule has 1 amide bonds. The van der Waals surface area contributed by atoms with Crippen molar-refractivity contribution >= 4 is 11.6 Å². The monoisotopic (exact) mass is 226 g/mol. The van der Waals surface area contributed by atoms with Crippen LogP contribution in [0.2, 0.25) is 0 Å². The number of carbonyl (C=O) groups is 1. The van der Waals surface area contributed by atoms with Crippen molar-refractivity contribution in [1.82, 2.24) is 0 Å². The summed E-state index contributed by atoms with van der Waals surface area (Å²) in [5.41, 5.74) is 2.59. The Balaban J connectivity index is 1.98. The summed E-state index contributed by atoms with van der Waals surface area (Å²) < 4.78 is 0. The lowest BCUT2D eigenvalue weighted by Gasteiger charge is -2.27. The van der Waals surface area contributed by atoms with Crippen molar-refractivity contribution in [3.63, 3.8) is 0 Å². The molecule has 2 unspecified atom stereocenters. The molecule has 0 spiro atoms. The Bertz CT molecular complexity index is 530. The third-order valence-electron chi connectivity index (χ3n) is 3.97. The van der Waals surface area contributed by atoms with Gasteiger partial charge in [-0.2, -0.15) is 5.26 Å². The van der Waals surface area contributed by atoms with Crippen molar-refractivity contribution in [2.24, 2.45) is 5.92 Å². The zero-order chi connectivity index (χ0) is 12.0. The first-order valence-corrected chi connectivity index (χ1v) is 6.04. The summed E-state index contributed by atoms with van der Waals surface area (Å²) in [7, 11) is 0. The molecule has 17 heavy (non-hydrogen) atoms. The number of amides is 1. The van der Waals surface area contributed by atoms with E-state index < -0.39 is 0 Å². The normalized spacial score (nSPS) is 26.4. The molecule has 3 heteroatoms. The Hall–Kier alpha value is -1.82. The maximum Gasteiger partial charge on any atom is 0.230 e. The summed E-state index contributed by atoms with van der Waals surface area (Å²) in [6.45, 7) is 1.92. The molecule has 2 atom stereocenters. The zero-order valence-corrected chi connectivity index (χ0v) is 9.81. The second-order valence-electron chi connectivity index (χ2n) is 4.98. The van der Waals surface area contributed by atoms with Gasteiger partial charge in [-0.3, -0.25) is 4.79 Å². The van der Waals surface area contributed by atoms with Crippen LogP contribution in [-0.4, -0.2) is 11.9 Å². The predicted molar refractivity (Wildman–Crippen MR) is 64.5 cm³/mol. The number of hydrogen-bond donors (Lipinski definition) is 0. The van der Waals surface area contributed by atoms with Gasteiger partial charge in [-0.15, -0.1) is 0 Å². The van der Waals surface area contributed by atoms with Gasteiger partial charge in [0.25, 0.3) is 0 Å². The highest BCUT2D eigenvalue weighted by Gasteiger charge is 2.45. The third-order valence-corrected chi connectivity index (χ3v) is 3.97. The van der Waals surface area contributed by atoms with Crippen LogP contribution < -0.4 is 4.90 Å². The summed E-state index contributed by atoms with van der Waals surface area (Å²) in [6, 6.07) is 8.20. The molecule has 1 aliphatic carbocycles. The number of fused-ring (bicyclic) bond motifs is 2. The van der Waals surface area contributed by atoms with E-state index in [1.54, 1.807) is 0 Å². The largest absolute Gasteiger partial charge is 0.309 e. The Morgan fingerprint density at radius 3 is 2.82 bits per heavy atom. The van der Waals surface area contributed by atoms with Gasteiger partial charge in [-0.1, -0.05) is 0 Å². The van der Waals surface area contributed by atoms with Crippen LogP contribution in [-0.2, 0) is 4.79 Å². The number of carbonyl (C=O) groups excluding carboxylic acids is 1. The van der Waals surface area contributed by atoms with Crippen molar-refractivity contribution in [2.45, 2.75) is 32.2 Å². The van der Waals surface area contributed by atoms with E-state index in [0.29, 0.717) is 11.6 Å². The van der Waals surface area contributed by atoms with Crippen LogP contribution in [0.1, 0.15) is 30.4 Å². The van der Waals surface area contributed by atoms with E-state index in [9.17, 15) is 4.79 Å². The number of piperidine rings is 1. The fourth-order valence-electron chi connectivity index (χ4n) is 3.05. The standard InChI is InChI=1S/C14H14N2O/c1-9-6-12(5-3-11(9)8-15)16-13-4-2-10(7-13)14(16)17/h3,5-6,10,13H,2,4,7H2,1H3. The molecule has 3 nitrogen and oxygen atoms in total. The van der Waals surface area contributed by atoms with Gasteiger partial charge < -0.3 is 4.90 Å². The summed E-state index contributed by atoms with van der Waals surface area (Å²) in [6.07, 6.45) is 3.18. The lowest BCUT2D eigenvalue weighted by molar-refractivity contribution is -0.121.